The minimum atomic E-state index is -0.419. The summed E-state index contributed by atoms with van der Waals surface area (Å²) < 4.78 is 13.1. The van der Waals surface area contributed by atoms with Gasteiger partial charge in [0.25, 0.3) is 0 Å². The molecule has 1 heterocycles. The fourth-order valence-corrected chi connectivity index (χ4v) is 4.53. The van der Waals surface area contributed by atoms with Crippen molar-refractivity contribution >= 4 is 52.5 Å². The number of anilines is 1. The van der Waals surface area contributed by atoms with E-state index in [2.05, 4.69) is 10.2 Å². The number of nitrogens with one attached hydrogen (secondary N) is 1. The number of aliphatic imine (C=N–C) groups is 1. The van der Waals surface area contributed by atoms with Crippen molar-refractivity contribution in [1.82, 2.24) is 4.90 Å². The fourth-order valence-electron chi connectivity index (χ4n) is 3.06. The Balaban J connectivity index is 0.00000225. The van der Waals surface area contributed by atoms with Crippen LogP contribution in [0.4, 0.5) is 10.1 Å². The molecule has 1 saturated heterocycles. The second-order valence-electron chi connectivity index (χ2n) is 6.30. The first kappa shape index (κ1) is 20.3. The third-order valence-corrected chi connectivity index (χ3v) is 6.01. The van der Waals surface area contributed by atoms with Crippen LogP contribution in [0.3, 0.4) is 0 Å². The highest BCUT2D eigenvalue weighted by atomic mass is 35.5. The van der Waals surface area contributed by atoms with Crippen LogP contribution >= 0.6 is 35.8 Å². The van der Waals surface area contributed by atoms with Gasteiger partial charge in [-0.2, -0.15) is 0 Å². The molecule has 2 fully saturated rings. The molecule has 1 N–H and O–H groups in total. The SMILES string of the molecule is CN1C(=NC2CCCC2)SCC1CC(=O)Nc1ccc(F)cc1Cl.Cl. The summed E-state index contributed by atoms with van der Waals surface area (Å²) in [7, 11) is 2.00. The quantitative estimate of drug-likeness (QED) is 0.797. The molecule has 1 atom stereocenters. The maximum atomic E-state index is 13.1. The van der Waals surface area contributed by atoms with E-state index >= 15 is 0 Å². The van der Waals surface area contributed by atoms with Crippen molar-refractivity contribution in [2.75, 3.05) is 18.1 Å². The second kappa shape index (κ2) is 9.10. The van der Waals surface area contributed by atoms with Crippen LogP contribution in [-0.4, -0.2) is 40.9 Å². The third kappa shape index (κ3) is 5.25. The van der Waals surface area contributed by atoms with Crippen molar-refractivity contribution in [1.29, 1.82) is 0 Å². The average molecular weight is 406 g/mol. The van der Waals surface area contributed by atoms with Gasteiger partial charge in [0.15, 0.2) is 5.17 Å². The van der Waals surface area contributed by atoms with E-state index < -0.39 is 5.82 Å². The van der Waals surface area contributed by atoms with E-state index in [9.17, 15) is 9.18 Å². The Morgan fingerprint density at radius 3 is 2.84 bits per heavy atom. The van der Waals surface area contributed by atoms with Crippen LogP contribution in [0.1, 0.15) is 32.1 Å². The van der Waals surface area contributed by atoms with Crippen LogP contribution < -0.4 is 5.32 Å². The molecule has 0 aromatic heterocycles. The minimum Gasteiger partial charge on any atom is -0.350 e. The zero-order valence-corrected chi connectivity index (χ0v) is 16.4. The molecule has 8 heteroatoms. The minimum absolute atomic E-state index is 0. The molecule has 0 radical (unpaired) electrons. The number of carbonyl (C=O) groups is 1. The number of nitrogens with zero attached hydrogens (tertiary/aromatic N) is 2. The molecule has 138 valence electrons. The van der Waals surface area contributed by atoms with Gasteiger partial charge in [-0.05, 0) is 31.0 Å². The van der Waals surface area contributed by atoms with E-state index in [1.54, 1.807) is 11.8 Å². The van der Waals surface area contributed by atoms with Crippen molar-refractivity contribution < 1.29 is 9.18 Å². The van der Waals surface area contributed by atoms with Crippen LogP contribution in [0.2, 0.25) is 5.02 Å². The van der Waals surface area contributed by atoms with E-state index in [0.29, 0.717) is 18.2 Å². The van der Waals surface area contributed by atoms with E-state index in [-0.39, 0.29) is 29.4 Å². The first-order valence-electron chi connectivity index (χ1n) is 8.21. The normalized spacial score (nSPS) is 22.3. The number of benzene rings is 1. The van der Waals surface area contributed by atoms with Crippen LogP contribution in [0.15, 0.2) is 23.2 Å². The summed E-state index contributed by atoms with van der Waals surface area (Å²) in [6.45, 7) is 0. The predicted octanol–water partition coefficient (Wildman–Crippen LogP) is 4.58. The van der Waals surface area contributed by atoms with Gasteiger partial charge < -0.3 is 10.2 Å². The van der Waals surface area contributed by atoms with Crippen molar-refractivity contribution in [3.63, 3.8) is 0 Å². The molecule has 1 aliphatic carbocycles. The van der Waals surface area contributed by atoms with Crippen LogP contribution in [0.25, 0.3) is 0 Å². The first-order chi connectivity index (χ1) is 11.5. The van der Waals surface area contributed by atoms with Crippen molar-refractivity contribution in [3.8, 4) is 0 Å². The molecule has 1 unspecified atom stereocenters. The van der Waals surface area contributed by atoms with Gasteiger partial charge in [0, 0.05) is 25.3 Å². The molecule has 0 spiro atoms. The molecule has 4 nitrogen and oxygen atoms in total. The number of hydrogen-bond donors (Lipinski definition) is 1. The van der Waals surface area contributed by atoms with Crippen molar-refractivity contribution in [2.24, 2.45) is 4.99 Å². The molecule has 1 saturated carbocycles. The number of rotatable bonds is 4. The summed E-state index contributed by atoms with van der Waals surface area (Å²) >= 11 is 7.67. The largest absolute Gasteiger partial charge is 0.350 e. The lowest BCUT2D eigenvalue weighted by Crippen LogP contribution is -2.34. The summed E-state index contributed by atoms with van der Waals surface area (Å²) in [4.78, 5) is 19.2. The standard InChI is InChI=1S/C17H21ClFN3OS.ClH/c1-22-13(10-24-17(22)20-12-4-2-3-5-12)9-16(23)21-15-7-6-11(19)8-14(15)18;/h6-8,12-13H,2-5,9-10H2,1H3,(H,21,23);1H. The highest BCUT2D eigenvalue weighted by Gasteiger charge is 2.30. The Kier molecular flexibility index (Phi) is 7.40. The zero-order chi connectivity index (χ0) is 17.1. The average Bonchev–Trinajstić information content (AvgIpc) is 3.16. The van der Waals surface area contributed by atoms with Gasteiger partial charge >= 0.3 is 0 Å². The van der Waals surface area contributed by atoms with Gasteiger partial charge in [0.1, 0.15) is 5.82 Å². The summed E-state index contributed by atoms with van der Waals surface area (Å²) in [6.07, 6.45) is 5.24. The van der Waals surface area contributed by atoms with Crippen molar-refractivity contribution in [3.05, 3.63) is 29.0 Å². The monoisotopic (exact) mass is 405 g/mol. The molecular formula is C17H22Cl2FN3OS. The van der Waals surface area contributed by atoms with E-state index in [0.717, 1.165) is 10.9 Å². The number of halogens is 3. The highest BCUT2D eigenvalue weighted by Crippen LogP contribution is 2.29. The molecular weight excluding hydrogens is 384 g/mol. The topological polar surface area (TPSA) is 44.7 Å². The maximum Gasteiger partial charge on any atom is 0.226 e. The second-order valence-corrected chi connectivity index (χ2v) is 7.70. The predicted molar refractivity (Wildman–Crippen MR) is 106 cm³/mol. The van der Waals surface area contributed by atoms with E-state index in [4.69, 9.17) is 16.6 Å². The molecule has 1 aromatic carbocycles. The van der Waals surface area contributed by atoms with Gasteiger partial charge in [-0.3, -0.25) is 9.79 Å². The number of amidine groups is 1. The molecule has 3 rings (SSSR count). The Hall–Kier alpha value is -0.980. The smallest absolute Gasteiger partial charge is 0.226 e. The Morgan fingerprint density at radius 1 is 1.44 bits per heavy atom. The lowest BCUT2D eigenvalue weighted by Gasteiger charge is -2.21. The molecule has 0 bridgehead atoms. The Morgan fingerprint density at radius 2 is 2.16 bits per heavy atom. The highest BCUT2D eigenvalue weighted by molar-refractivity contribution is 8.14. The lowest BCUT2D eigenvalue weighted by atomic mass is 10.2. The van der Waals surface area contributed by atoms with Gasteiger partial charge in [-0.1, -0.05) is 36.2 Å². The van der Waals surface area contributed by atoms with Crippen LogP contribution in [-0.2, 0) is 4.79 Å². The van der Waals surface area contributed by atoms with Gasteiger partial charge in [0.05, 0.1) is 16.8 Å². The maximum absolute atomic E-state index is 13.1. The number of hydrogen-bond acceptors (Lipinski definition) is 3. The van der Waals surface area contributed by atoms with Gasteiger partial charge in [-0.15, -0.1) is 12.4 Å². The summed E-state index contributed by atoms with van der Waals surface area (Å²) in [5, 5.41) is 4.01. The molecule has 1 aliphatic heterocycles. The number of carbonyl (C=O) groups excluding carboxylic acids is 1. The van der Waals surface area contributed by atoms with E-state index in [1.165, 1.54) is 43.9 Å². The number of amides is 1. The van der Waals surface area contributed by atoms with Crippen LogP contribution in [0, 0.1) is 5.82 Å². The summed E-state index contributed by atoms with van der Waals surface area (Å²) in [5.41, 5.74) is 0.441. The third-order valence-electron chi connectivity index (χ3n) is 4.50. The molecule has 2 aliphatic rings. The van der Waals surface area contributed by atoms with Gasteiger partial charge in [-0.25, -0.2) is 4.39 Å². The zero-order valence-electron chi connectivity index (χ0n) is 14.0. The molecule has 1 amide bonds. The summed E-state index contributed by atoms with van der Waals surface area (Å²) in [6, 6.07) is 4.53. The van der Waals surface area contributed by atoms with Gasteiger partial charge in [0.2, 0.25) is 5.91 Å². The first-order valence-corrected chi connectivity index (χ1v) is 9.57. The fraction of sp³-hybridized carbons (Fsp3) is 0.529. The lowest BCUT2D eigenvalue weighted by molar-refractivity contribution is -0.116. The Labute approximate surface area is 163 Å². The molecule has 25 heavy (non-hydrogen) atoms. The summed E-state index contributed by atoms with van der Waals surface area (Å²) in [5.74, 6) is 0.313. The molecule has 1 aromatic rings. The van der Waals surface area contributed by atoms with Crippen molar-refractivity contribution in [2.45, 2.75) is 44.2 Å². The number of thioether (sulfide) groups is 1. The Bertz CT molecular complexity index is 653. The van der Waals surface area contributed by atoms with Crippen LogP contribution in [0.5, 0.6) is 0 Å². The van der Waals surface area contributed by atoms with E-state index in [1.807, 2.05) is 7.05 Å².